The number of H-pyrrole nitrogens is 1. The first-order valence-electron chi connectivity index (χ1n) is 7.16. The number of pyridine rings is 1. The predicted molar refractivity (Wildman–Crippen MR) is 89.3 cm³/mol. The number of methoxy groups -OCH3 is 1. The highest BCUT2D eigenvalue weighted by atomic mass is 35.5. The molecule has 1 heterocycles. The van der Waals surface area contributed by atoms with E-state index in [2.05, 4.69) is 4.98 Å². The highest BCUT2D eigenvalue weighted by molar-refractivity contribution is 6.33. The molecule has 1 aromatic carbocycles. The Morgan fingerprint density at radius 1 is 1.26 bits per heavy atom. The Balaban J connectivity index is 2.66. The summed E-state index contributed by atoms with van der Waals surface area (Å²) >= 11 is 6.35. The predicted octanol–water partition coefficient (Wildman–Crippen LogP) is 3.67. The second-order valence-corrected chi connectivity index (χ2v) is 5.42. The third-order valence-electron chi connectivity index (χ3n) is 3.28. The molecule has 23 heavy (non-hydrogen) atoms. The van der Waals surface area contributed by atoms with Crippen LogP contribution in [0.25, 0.3) is 11.1 Å². The molecule has 0 atom stereocenters. The fourth-order valence-corrected chi connectivity index (χ4v) is 2.49. The second-order valence-electron chi connectivity index (χ2n) is 5.01. The van der Waals surface area contributed by atoms with Crippen LogP contribution in [0.5, 0.6) is 11.5 Å². The molecular weight excluding hydrogens is 316 g/mol. The SMILES string of the molecule is CCCOc1cc(Cl)c(-c2cc(C)[nH]c(=O)c2C#N)cc1OC. The lowest BCUT2D eigenvalue weighted by atomic mass is 10.0. The lowest BCUT2D eigenvalue weighted by Crippen LogP contribution is -2.12. The first kappa shape index (κ1) is 16.9. The Hall–Kier alpha value is -2.45. The Bertz CT molecular complexity index is 822. The van der Waals surface area contributed by atoms with Crippen LogP contribution >= 0.6 is 11.6 Å². The van der Waals surface area contributed by atoms with Crippen molar-refractivity contribution < 1.29 is 9.47 Å². The molecular formula is C17H17ClN2O3. The van der Waals surface area contributed by atoms with E-state index in [4.69, 9.17) is 21.1 Å². The van der Waals surface area contributed by atoms with Gasteiger partial charge >= 0.3 is 0 Å². The van der Waals surface area contributed by atoms with Crippen LogP contribution in [-0.2, 0) is 0 Å². The summed E-state index contributed by atoms with van der Waals surface area (Å²) in [5.41, 5.74) is 1.24. The lowest BCUT2D eigenvalue weighted by Gasteiger charge is -2.14. The van der Waals surface area contributed by atoms with Crippen molar-refractivity contribution in [1.29, 1.82) is 5.26 Å². The molecule has 120 valence electrons. The van der Waals surface area contributed by atoms with E-state index in [1.807, 2.05) is 13.0 Å². The Morgan fingerprint density at radius 3 is 2.61 bits per heavy atom. The summed E-state index contributed by atoms with van der Waals surface area (Å²) in [6, 6.07) is 6.97. The number of hydrogen-bond acceptors (Lipinski definition) is 4. The molecule has 0 spiro atoms. The number of aromatic nitrogens is 1. The maximum absolute atomic E-state index is 12.0. The maximum Gasteiger partial charge on any atom is 0.266 e. The number of nitrogens with one attached hydrogen (secondary N) is 1. The van der Waals surface area contributed by atoms with Gasteiger partial charge in [-0.2, -0.15) is 5.26 Å². The van der Waals surface area contributed by atoms with E-state index in [0.29, 0.717) is 39.9 Å². The molecule has 0 unspecified atom stereocenters. The van der Waals surface area contributed by atoms with Gasteiger partial charge in [-0.25, -0.2) is 0 Å². The van der Waals surface area contributed by atoms with E-state index in [9.17, 15) is 10.1 Å². The largest absolute Gasteiger partial charge is 0.493 e. The molecule has 0 saturated heterocycles. The molecule has 2 rings (SSSR count). The zero-order valence-electron chi connectivity index (χ0n) is 13.2. The van der Waals surface area contributed by atoms with Crippen LogP contribution in [0.4, 0.5) is 0 Å². The number of hydrogen-bond donors (Lipinski definition) is 1. The van der Waals surface area contributed by atoms with Gasteiger partial charge in [0.15, 0.2) is 11.5 Å². The summed E-state index contributed by atoms with van der Waals surface area (Å²) in [6.07, 6.45) is 0.856. The number of nitrogens with zero attached hydrogens (tertiary/aromatic N) is 1. The lowest BCUT2D eigenvalue weighted by molar-refractivity contribution is 0.294. The number of ether oxygens (including phenoxy) is 2. The van der Waals surface area contributed by atoms with Crippen molar-refractivity contribution in [3.05, 3.63) is 44.8 Å². The van der Waals surface area contributed by atoms with E-state index >= 15 is 0 Å². The Morgan fingerprint density at radius 2 is 2.00 bits per heavy atom. The van der Waals surface area contributed by atoms with Crippen molar-refractivity contribution in [2.75, 3.05) is 13.7 Å². The van der Waals surface area contributed by atoms with E-state index in [0.717, 1.165) is 6.42 Å². The topological polar surface area (TPSA) is 75.1 Å². The van der Waals surface area contributed by atoms with Crippen LogP contribution in [0.15, 0.2) is 23.0 Å². The quantitative estimate of drug-likeness (QED) is 0.906. The molecule has 0 saturated carbocycles. The molecule has 6 heteroatoms. The molecule has 0 bridgehead atoms. The van der Waals surface area contributed by atoms with Crippen molar-refractivity contribution in [2.24, 2.45) is 0 Å². The molecule has 0 fully saturated rings. The van der Waals surface area contributed by atoms with Gasteiger partial charge < -0.3 is 14.5 Å². The summed E-state index contributed by atoms with van der Waals surface area (Å²) in [5, 5.41) is 9.66. The summed E-state index contributed by atoms with van der Waals surface area (Å²) in [6.45, 7) is 4.29. The molecule has 2 aromatic rings. The highest BCUT2D eigenvalue weighted by Crippen LogP contribution is 2.39. The maximum atomic E-state index is 12.0. The molecule has 0 amide bonds. The van der Waals surface area contributed by atoms with Crippen LogP contribution in [0.2, 0.25) is 5.02 Å². The van der Waals surface area contributed by atoms with Crippen LogP contribution in [0.3, 0.4) is 0 Å². The van der Waals surface area contributed by atoms with Gasteiger partial charge in [-0.1, -0.05) is 18.5 Å². The van der Waals surface area contributed by atoms with Crippen molar-refractivity contribution in [3.8, 4) is 28.7 Å². The summed E-state index contributed by atoms with van der Waals surface area (Å²) in [4.78, 5) is 14.6. The van der Waals surface area contributed by atoms with E-state index in [1.165, 1.54) is 7.11 Å². The summed E-state index contributed by atoms with van der Waals surface area (Å²) in [7, 11) is 1.53. The van der Waals surface area contributed by atoms with Gasteiger partial charge in [0.1, 0.15) is 11.6 Å². The minimum atomic E-state index is -0.441. The minimum Gasteiger partial charge on any atom is -0.493 e. The zero-order chi connectivity index (χ0) is 17.0. The molecule has 0 aliphatic carbocycles. The molecule has 5 nitrogen and oxygen atoms in total. The smallest absolute Gasteiger partial charge is 0.266 e. The monoisotopic (exact) mass is 332 g/mol. The number of rotatable bonds is 5. The second kappa shape index (κ2) is 7.21. The summed E-state index contributed by atoms with van der Waals surface area (Å²) < 4.78 is 11.0. The fraction of sp³-hybridized carbons (Fsp3) is 0.294. The fourth-order valence-electron chi connectivity index (χ4n) is 2.24. The van der Waals surface area contributed by atoms with E-state index in [-0.39, 0.29) is 5.56 Å². The van der Waals surface area contributed by atoms with Crippen LogP contribution in [0, 0.1) is 18.3 Å². The number of aryl methyl sites for hydroxylation is 1. The van der Waals surface area contributed by atoms with Gasteiger partial charge in [0.25, 0.3) is 5.56 Å². The van der Waals surface area contributed by atoms with Gasteiger partial charge in [-0.15, -0.1) is 0 Å². The third-order valence-corrected chi connectivity index (χ3v) is 3.60. The van der Waals surface area contributed by atoms with E-state index in [1.54, 1.807) is 25.1 Å². The number of nitriles is 1. The zero-order valence-corrected chi connectivity index (χ0v) is 14.0. The summed E-state index contributed by atoms with van der Waals surface area (Å²) in [5.74, 6) is 1.03. The molecule has 0 aliphatic rings. The standard InChI is InChI=1S/C17H17ClN2O3/c1-4-5-23-16-8-14(18)12(7-15(16)22-3)11-6-10(2)20-17(21)13(11)9-19/h6-8H,4-5H2,1-3H3,(H,20,21). The first-order chi connectivity index (χ1) is 11.0. The van der Waals surface area contributed by atoms with Crippen molar-refractivity contribution >= 4 is 11.6 Å². The average molecular weight is 333 g/mol. The normalized spacial score (nSPS) is 10.2. The first-order valence-corrected chi connectivity index (χ1v) is 7.54. The molecule has 1 N–H and O–H groups in total. The number of aromatic amines is 1. The van der Waals surface area contributed by atoms with Gasteiger partial charge in [0, 0.05) is 22.9 Å². The van der Waals surface area contributed by atoms with Crippen molar-refractivity contribution in [1.82, 2.24) is 4.98 Å². The Kier molecular flexibility index (Phi) is 5.30. The van der Waals surface area contributed by atoms with Gasteiger partial charge in [-0.05, 0) is 25.5 Å². The van der Waals surface area contributed by atoms with Crippen LogP contribution in [-0.4, -0.2) is 18.7 Å². The van der Waals surface area contributed by atoms with Crippen molar-refractivity contribution in [2.45, 2.75) is 20.3 Å². The number of halogens is 1. The van der Waals surface area contributed by atoms with Gasteiger partial charge in [0.05, 0.1) is 18.7 Å². The highest BCUT2D eigenvalue weighted by Gasteiger charge is 2.17. The van der Waals surface area contributed by atoms with Gasteiger partial charge in [-0.3, -0.25) is 4.79 Å². The van der Waals surface area contributed by atoms with E-state index < -0.39 is 5.56 Å². The molecule has 0 radical (unpaired) electrons. The molecule has 0 aliphatic heterocycles. The number of benzene rings is 1. The Labute approximate surface area is 139 Å². The average Bonchev–Trinajstić information content (AvgIpc) is 2.52. The van der Waals surface area contributed by atoms with Crippen molar-refractivity contribution in [3.63, 3.8) is 0 Å². The minimum absolute atomic E-state index is 0.0155. The molecule has 1 aromatic heterocycles. The third kappa shape index (κ3) is 3.49. The van der Waals surface area contributed by atoms with Crippen LogP contribution < -0.4 is 15.0 Å². The van der Waals surface area contributed by atoms with Gasteiger partial charge in [0.2, 0.25) is 0 Å². The van der Waals surface area contributed by atoms with Crippen LogP contribution in [0.1, 0.15) is 24.6 Å².